The summed E-state index contributed by atoms with van der Waals surface area (Å²) in [5.74, 6) is 1.02. The van der Waals surface area contributed by atoms with Gasteiger partial charge in [0.15, 0.2) is 0 Å². The minimum atomic E-state index is 1.02. The molecule has 0 atom stereocenters. The summed E-state index contributed by atoms with van der Waals surface area (Å²) in [6.07, 6.45) is 2.94. The first-order valence-corrected chi connectivity index (χ1v) is 5.94. The molecule has 0 saturated carbocycles. The molecule has 90 valence electrons. The standard InChI is InChI=1S/C14H19N3/c1-5-10-6-7-11-12(8-10)14(17(3)4)16-9-13(11)15-2/h6-9,15H,5H2,1-4H3. The monoisotopic (exact) mass is 229 g/mol. The highest BCUT2D eigenvalue weighted by molar-refractivity contribution is 6.00. The Balaban J connectivity index is 2.76. The van der Waals surface area contributed by atoms with E-state index in [1.54, 1.807) is 0 Å². The number of benzene rings is 1. The molecule has 2 rings (SSSR count). The van der Waals surface area contributed by atoms with Crippen molar-refractivity contribution in [2.75, 3.05) is 31.4 Å². The van der Waals surface area contributed by atoms with Gasteiger partial charge in [-0.25, -0.2) is 4.98 Å². The van der Waals surface area contributed by atoms with E-state index in [1.807, 2.05) is 27.3 Å². The van der Waals surface area contributed by atoms with E-state index in [9.17, 15) is 0 Å². The fourth-order valence-electron chi connectivity index (χ4n) is 2.05. The van der Waals surface area contributed by atoms with Crippen LogP contribution < -0.4 is 10.2 Å². The second-order valence-corrected chi connectivity index (χ2v) is 4.37. The molecule has 0 radical (unpaired) electrons. The van der Waals surface area contributed by atoms with Gasteiger partial charge >= 0.3 is 0 Å². The molecular weight excluding hydrogens is 210 g/mol. The number of pyridine rings is 1. The van der Waals surface area contributed by atoms with Gasteiger partial charge in [0, 0.05) is 31.9 Å². The first-order chi connectivity index (χ1) is 8.17. The molecule has 2 aromatic rings. The molecular formula is C14H19N3. The van der Waals surface area contributed by atoms with E-state index in [1.165, 1.54) is 16.3 Å². The maximum Gasteiger partial charge on any atom is 0.136 e. The quantitative estimate of drug-likeness (QED) is 0.877. The Morgan fingerprint density at radius 1 is 1.24 bits per heavy atom. The highest BCUT2D eigenvalue weighted by Gasteiger charge is 2.08. The lowest BCUT2D eigenvalue weighted by Gasteiger charge is -2.16. The first kappa shape index (κ1) is 11.7. The van der Waals surface area contributed by atoms with E-state index in [-0.39, 0.29) is 0 Å². The second kappa shape index (κ2) is 4.62. The summed E-state index contributed by atoms with van der Waals surface area (Å²) < 4.78 is 0. The van der Waals surface area contributed by atoms with Crippen LogP contribution >= 0.6 is 0 Å². The number of rotatable bonds is 3. The molecule has 0 bridgehead atoms. The van der Waals surface area contributed by atoms with Crippen molar-refractivity contribution >= 4 is 22.3 Å². The summed E-state index contributed by atoms with van der Waals surface area (Å²) >= 11 is 0. The van der Waals surface area contributed by atoms with Crippen molar-refractivity contribution in [1.29, 1.82) is 0 Å². The third-order valence-electron chi connectivity index (χ3n) is 3.03. The average molecular weight is 229 g/mol. The SMILES string of the molecule is CCc1ccc2c(NC)cnc(N(C)C)c2c1. The maximum absolute atomic E-state index is 4.52. The van der Waals surface area contributed by atoms with Crippen molar-refractivity contribution < 1.29 is 0 Å². The smallest absolute Gasteiger partial charge is 0.136 e. The van der Waals surface area contributed by atoms with Crippen molar-refractivity contribution in [2.45, 2.75) is 13.3 Å². The first-order valence-electron chi connectivity index (χ1n) is 5.94. The summed E-state index contributed by atoms with van der Waals surface area (Å²) in [7, 11) is 5.98. The van der Waals surface area contributed by atoms with Gasteiger partial charge in [-0.3, -0.25) is 0 Å². The predicted molar refractivity (Wildman–Crippen MR) is 75.0 cm³/mol. The average Bonchev–Trinajstić information content (AvgIpc) is 2.36. The summed E-state index contributed by atoms with van der Waals surface area (Å²) in [6.45, 7) is 2.17. The molecule has 1 heterocycles. The van der Waals surface area contributed by atoms with Gasteiger partial charge in [0.05, 0.1) is 11.9 Å². The Hall–Kier alpha value is -1.77. The summed E-state index contributed by atoms with van der Waals surface area (Å²) in [5.41, 5.74) is 2.42. The Bertz CT molecular complexity index is 532. The third kappa shape index (κ3) is 2.05. The van der Waals surface area contributed by atoms with Gasteiger partial charge < -0.3 is 10.2 Å². The van der Waals surface area contributed by atoms with Crippen LogP contribution in [0.1, 0.15) is 12.5 Å². The van der Waals surface area contributed by atoms with Gasteiger partial charge in [0.25, 0.3) is 0 Å². The highest BCUT2D eigenvalue weighted by Crippen LogP contribution is 2.30. The normalized spacial score (nSPS) is 10.6. The molecule has 1 aromatic heterocycles. The minimum absolute atomic E-state index is 1.02. The number of nitrogens with one attached hydrogen (secondary N) is 1. The summed E-state index contributed by atoms with van der Waals surface area (Å²) in [5, 5.41) is 5.63. The number of fused-ring (bicyclic) bond motifs is 1. The lowest BCUT2D eigenvalue weighted by Crippen LogP contribution is -2.11. The molecule has 1 aromatic carbocycles. The number of anilines is 2. The zero-order valence-electron chi connectivity index (χ0n) is 10.9. The minimum Gasteiger partial charge on any atom is -0.386 e. The van der Waals surface area contributed by atoms with Gasteiger partial charge in [-0.1, -0.05) is 19.1 Å². The number of aromatic nitrogens is 1. The van der Waals surface area contributed by atoms with Crippen molar-refractivity contribution in [1.82, 2.24) is 4.98 Å². The van der Waals surface area contributed by atoms with Crippen LogP contribution in [0.2, 0.25) is 0 Å². The molecule has 0 fully saturated rings. The van der Waals surface area contributed by atoms with E-state index in [0.717, 1.165) is 17.9 Å². The fraction of sp³-hybridized carbons (Fsp3) is 0.357. The highest BCUT2D eigenvalue weighted by atomic mass is 15.1. The molecule has 0 aliphatic heterocycles. The summed E-state index contributed by atoms with van der Waals surface area (Å²) in [4.78, 5) is 6.57. The van der Waals surface area contributed by atoms with E-state index in [0.29, 0.717) is 0 Å². The molecule has 0 aliphatic carbocycles. The lowest BCUT2D eigenvalue weighted by atomic mass is 10.1. The fourth-order valence-corrected chi connectivity index (χ4v) is 2.05. The Morgan fingerprint density at radius 2 is 2.00 bits per heavy atom. The zero-order chi connectivity index (χ0) is 12.4. The van der Waals surface area contributed by atoms with Crippen molar-refractivity contribution in [3.63, 3.8) is 0 Å². The van der Waals surface area contributed by atoms with E-state index in [2.05, 4.69) is 40.3 Å². The van der Waals surface area contributed by atoms with Gasteiger partial charge in [0.2, 0.25) is 0 Å². The van der Waals surface area contributed by atoms with Gasteiger partial charge in [-0.2, -0.15) is 0 Å². The Kier molecular flexibility index (Phi) is 3.18. The van der Waals surface area contributed by atoms with E-state index < -0.39 is 0 Å². The van der Waals surface area contributed by atoms with Crippen LogP contribution in [0.15, 0.2) is 24.4 Å². The van der Waals surface area contributed by atoms with Crippen LogP contribution in [0, 0.1) is 0 Å². The van der Waals surface area contributed by atoms with Crippen LogP contribution in [0.3, 0.4) is 0 Å². The molecule has 0 spiro atoms. The largest absolute Gasteiger partial charge is 0.386 e. The van der Waals surface area contributed by atoms with E-state index in [4.69, 9.17) is 0 Å². The predicted octanol–water partition coefficient (Wildman–Crippen LogP) is 2.90. The third-order valence-corrected chi connectivity index (χ3v) is 3.03. The van der Waals surface area contributed by atoms with Crippen LogP contribution in [-0.2, 0) is 6.42 Å². The number of hydrogen-bond donors (Lipinski definition) is 1. The molecule has 3 heteroatoms. The number of hydrogen-bond acceptors (Lipinski definition) is 3. The number of aryl methyl sites for hydroxylation is 1. The van der Waals surface area contributed by atoms with Crippen LogP contribution in [-0.4, -0.2) is 26.1 Å². The van der Waals surface area contributed by atoms with Crippen LogP contribution in [0.5, 0.6) is 0 Å². The van der Waals surface area contributed by atoms with Gasteiger partial charge in [-0.15, -0.1) is 0 Å². The van der Waals surface area contributed by atoms with Crippen molar-refractivity contribution in [2.24, 2.45) is 0 Å². The summed E-state index contributed by atoms with van der Waals surface area (Å²) in [6, 6.07) is 6.59. The Labute approximate surface area is 102 Å². The molecule has 1 N–H and O–H groups in total. The molecule has 0 saturated heterocycles. The van der Waals surface area contributed by atoms with Gasteiger partial charge in [-0.05, 0) is 18.1 Å². The number of nitrogens with zero attached hydrogens (tertiary/aromatic N) is 2. The maximum atomic E-state index is 4.52. The van der Waals surface area contributed by atoms with Crippen molar-refractivity contribution in [3.8, 4) is 0 Å². The zero-order valence-corrected chi connectivity index (χ0v) is 10.9. The molecule has 0 unspecified atom stereocenters. The van der Waals surface area contributed by atoms with Crippen LogP contribution in [0.4, 0.5) is 11.5 Å². The van der Waals surface area contributed by atoms with Crippen molar-refractivity contribution in [3.05, 3.63) is 30.0 Å². The Morgan fingerprint density at radius 3 is 2.59 bits per heavy atom. The van der Waals surface area contributed by atoms with Gasteiger partial charge in [0.1, 0.15) is 5.82 Å². The molecule has 0 amide bonds. The topological polar surface area (TPSA) is 28.2 Å². The van der Waals surface area contributed by atoms with E-state index >= 15 is 0 Å². The molecule has 17 heavy (non-hydrogen) atoms. The molecule has 0 aliphatic rings. The van der Waals surface area contributed by atoms with Crippen LogP contribution in [0.25, 0.3) is 10.8 Å². The molecule has 3 nitrogen and oxygen atoms in total. The lowest BCUT2D eigenvalue weighted by molar-refractivity contribution is 1.08. The second-order valence-electron chi connectivity index (χ2n) is 4.37.